The van der Waals surface area contributed by atoms with E-state index in [2.05, 4.69) is 5.32 Å². The number of aromatic hydroxyl groups is 1. The molecule has 0 spiro atoms. The zero-order valence-corrected chi connectivity index (χ0v) is 12.0. The number of phenolic OH excluding ortho intramolecular Hbond substituents is 1. The predicted octanol–water partition coefficient (Wildman–Crippen LogP) is -0.00890. The van der Waals surface area contributed by atoms with E-state index in [1.807, 2.05) is 0 Å². The number of carbonyl (C=O) groups is 3. The van der Waals surface area contributed by atoms with Gasteiger partial charge in [-0.25, -0.2) is 0 Å². The van der Waals surface area contributed by atoms with Gasteiger partial charge in [0.05, 0.1) is 11.3 Å². The van der Waals surface area contributed by atoms with Crippen molar-refractivity contribution in [3.8, 4) is 5.75 Å². The maximum absolute atomic E-state index is 12.2. The lowest BCUT2D eigenvalue weighted by Crippen LogP contribution is -2.34. The Hall–Kier alpha value is -2.67. The number of nitrogens with zero attached hydrogens (tertiary/aromatic N) is 1. The molecule has 1 aliphatic heterocycles. The van der Waals surface area contributed by atoms with Crippen molar-refractivity contribution in [3.63, 3.8) is 0 Å². The van der Waals surface area contributed by atoms with Crippen molar-refractivity contribution in [1.82, 2.24) is 5.32 Å². The highest BCUT2D eigenvalue weighted by Gasteiger charge is 2.53. The van der Waals surface area contributed by atoms with Crippen molar-refractivity contribution >= 4 is 23.2 Å². The van der Waals surface area contributed by atoms with Gasteiger partial charge in [0.25, 0.3) is 5.91 Å². The van der Waals surface area contributed by atoms with Crippen LogP contribution in [-0.2, 0) is 14.3 Å². The minimum absolute atomic E-state index is 0.0191. The van der Waals surface area contributed by atoms with Crippen LogP contribution in [-0.4, -0.2) is 48.9 Å². The number of benzene rings is 1. The number of carbonyl (C=O) groups excluding carboxylic acids is 3. The molecule has 1 amide bonds. The van der Waals surface area contributed by atoms with Crippen LogP contribution in [0, 0.1) is 0 Å². The zero-order chi connectivity index (χ0) is 16.0. The molecule has 3 rings (SSSR count). The van der Waals surface area contributed by atoms with E-state index in [-0.39, 0.29) is 22.8 Å². The van der Waals surface area contributed by atoms with Crippen LogP contribution in [0.2, 0.25) is 0 Å². The van der Waals surface area contributed by atoms with Crippen LogP contribution in [0.15, 0.2) is 30.0 Å². The average Bonchev–Trinajstić information content (AvgIpc) is 3.25. The molecule has 0 bridgehead atoms. The molecule has 1 fully saturated rings. The van der Waals surface area contributed by atoms with Gasteiger partial charge in [-0.1, -0.05) is 0 Å². The fourth-order valence-electron chi connectivity index (χ4n) is 2.25. The van der Waals surface area contributed by atoms with Gasteiger partial charge in [0.2, 0.25) is 5.78 Å². The molecular formula is C15H14N2O5. The molecule has 7 heteroatoms. The van der Waals surface area contributed by atoms with Crippen molar-refractivity contribution < 1.29 is 24.2 Å². The normalized spacial score (nSPS) is 22.7. The molecule has 0 aromatic heterocycles. The Kier molecular flexibility index (Phi) is 3.22. The Morgan fingerprint density at radius 1 is 1.27 bits per heavy atom. The number of amides is 1. The third-order valence-electron chi connectivity index (χ3n) is 3.57. The van der Waals surface area contributed by atoms with Gasteiger partial charge in [0.15, 0.2) is 18.0 Å². The quantitative estimate of drug-likeness (QED) is 0.762. The topological polar surface area (TPSA) is 99.2 Å². The van der Waals surface area contributed by atoms with Gasteiger partial charge in [-0.05, 0) is 12.1 Å². The first-order chi connectivity index (χ1) is 10.4. The molecule has 0 radical (unpaired) electrons. The van der Waals surface area contributed by atoms with Crippen molar-refractivity contribution in [2.75, 3.05) is 19.0 Å². The number of phenols is 1. The van der Waals surface area contributed by atoms with Gasteiger partial charge >= 0.3 is 0 Å². The molecule has 2 N–H and O–H groups in total. The first-order valence-corrected chi connectivity index (χ1v) is 6.65. The fourth-order valence-corrected chi connectivity index (χ4v) is 2.25. The summed E-state index contributed by atoms with van der Waals surface area (Å²) in [6.07, 6.45) is -0.405. The molecule has 1 saturated heterocycles. The van der Waals surface area contributed by atoms with E-state index in [1.165, 1.54) is 12.1 Å². The van der Waals surface area contributed by atoms with Crippen molar-refractivity contribution in [2.24, 2.45) is 0 Å². The minimum Gasteiger partial charge on any atom is -0.507 e. The lowest BCUT2D eigenvalue weighted by atomic mass is 10.0. The first-order valence-electron chi connectivity index (χ1n) is 6.65. The minimum atomic E-state index is -0.780. The smallest absolute Gasteiger partial charge is 0.259 e. The molecule has 1 heterocycles. The van der Waals surface area contributed by atoms with E-state index < -0.39 is 23.9 Å². The number of ketones is 2. The third kappa shape index (κ3) is 2.35. The maximum atomic E-state index is 12.2. The van der Waals surface area contributed by atoms with Gasteiger partial charge in [-0.2, -0.15) is 0 Å². The van der Waals surface area contributed by atoms with E-state index in [4.69, 9.17) is 4.74 Å². The summed E-state index contributed by atoms with van der Waals surface area (Å²) in [6, 6.07) is 4.56. The average molecular weight is 302 g/mol. The Bertz CT molecular complexity index is 723. The molecule has 114 valence electrons. The number of ether oxygens (including phenoxy) is 1. The molecule has 2 aliphatic rings. The number of anilines is 1. The lowest BCUT2D eigenvalue weighted by molar-refractivity contribution is -0.119. The van der Waals surface area contributed by atoms with Gasteiger partial charge in [0.1, 0.15) is 5.75 Å². The van der Waals surface area contributed by atoms with Gasteiger partial charge < -0.3 is 20.1 Å². The Morgan fingerprint density at radius 3 is 2.64 bits per heavy atom. The monoisotopic (exact) mass is 302 g/mol. The van der Waals surface area contributed by atoms with Crippen LogP contribution >= 0.6 is 0 Å². The predicted molar refractivity (Wildman–Crippen MR) is 76.7 cm³/mol. The fraction of sp³-hybridized carbons (Fsp3) is 0.267. The second kappa shape index (κ2) is 4.96. The van der Waals surface area contributed by atoms with E-state index in [0.29, 0.717) is 0 Å². The molecule has 7 nitrogen and oxygen atoms in total. The van der Waals surface area contributed by atoms with E-state index in [9.17, 15) is 19.5 Å². The number of fused-ring (bicyclic) bond motifs is 1. The summed E-state index contributed by atoms with van der Waals surface area (Å²) in [6.45, 7) is 0. The highest BCUT2D eigenvalue weighted by Crippen LogP contribution is 2.31. The number of epoxide rings is 1. The van der Waals surface area contributed by atoms with Crippen molar-refractivity contribution in [1.29, 1.82) is 0 Å². The van der Waals surface area contributed by atoms with Crippen molar-refractivity contribution in [3.05, 3.63) is 35.5 Å². The molecule has 22 heavy (non-hydrogen) atoms. The molecule has 2 unspecified atom stereocenters. The van der Waals surface area contributed by atoms with Crippen LogP contribution in [0.5, 0.6) is 5.75 Å². The van der Waals surface area contributed by atoms with Crippen LogP contribution in [0.1, 0.15) is 10.4 Å². The summed E-state index contributed by atoms with van der Waals surface area (Å²) in [5.74, 6) is -1.64. The van der Waals surface area contributed by atoms with Crippen LogP contribution in [0.4, 0.5) is 5.69 Å². The van der Waals surface area contributed by atoms with Crippen LogP contribution in [0.25, 0.3) is 0 Å². The molecule has 1 aromatic carbocycles. The SMILES string of the molecule is CN(C)c1ccc(C(=O)NC2=CC(=O)C3OC3C2=O)c(O)c1. The second-order valence-electron chi connectivity index (χ2n) is 5.35. The molecule has 1 aromatic rings. The van der Waals surface area contributed by atoms with Gasteiger partial charge in [-0.15, -0.1) is 0 Å². The summed E-state index contributed by atoms with van der Waals surface area (Å²) < 4.78 is 4.93. The maximum Gasteiger partial charge on any atom is 0.259 e. The van der Waals surface area contributed by atoms with Crippen LogP contribution in [0.3, 0.4) is 0 Å². The zero-order valence-electron chi connectivity index (χ0n) is 12.0. The lowest BCUT2D eigenvalue weighted by Gasteiger charge is -2.15. The van der Waals surface area contributed by atoms with Gasteiger partial charge in [0, 0.05) is 31.9 Å². The number of nitrogens with one attached hydrogen (secondary N) is 1. The Morgan fingerprint density at radius 2 is 2.00 bits per heavy atom. The van der Waals surface area contributed by atoms with E-state index >= 15 is 0 Å². The molecule has 2 atom stereocenters. The Balaban J connectivity index is 1.80. The standard InChI is InChI=1S/C15H14N2O5/c1-17(2)7-3-4-8(10(18)5-7)15(21)16-9-6-11(19)13-14(22-13)12(9)20/h3-6,13-14,18H,1-2H3,(H,16,21). The number of hydrogen-bond donors (Lipinski definition) is 2. The first kappa shape index (κ1) is 14.3. The number of hydrogen-bond acceptors (Lipinski definition) is 6. The second-order valence-corrected chi connectivity index (χ2v) is 5.35. The highest BCUT2D eigenvalue weighted by atomic mass is 16.6. The summed E-state index contributed by atoms with van der Waals surface area (Å²) >= 11 is 0. The van der Waals surface area contributed by atoms with Crippen LogP contribution < -0.4 is 10.2 Å². The summed E-state index contributed by atoms with van der Waals surface area (Å²) in [4.78, 5) is 37.3. The molecule has 1 aliphatic carbocycles. The largest absolute Gasteiger partial charge is 0.507 e. The van der Waals surface area contributed by atoms with Crippen molar-refractivity contribution in [2.45, 2.75) is 12.2 Å². The highest BCUT2D eigenvalue weighted by molar-refractivity contribution is 6.17. The number of Topliss-reactive ketones (excluding diaryl/α,β-unsaturated/α-hetero) is 1. The van der Waals surface area contributed by atoms with E-state index in [1.54, 1.807) is 25.1 Å². The summed E-state index contributed by atoms with van der Waals surface area (Å²) in [5, 5.41) is 12.3. The third-order valence-corrected chi connectivity index (χ3v) is 3.57. The Labute approximate surface area is 126 Å². The van der Waals surface area contributed by atoms with E-state index in [0.717, 1.165) is 11.8 Å². The molecule has 0 saturated carbocycles. The van der Waals surface area contributed by atoms with Gasteiger partial charge in [-0.3, -0.25) is 14.4 Å². The summed E-state index contributed by atoms with van der Waals surface area (Å²) in [5.41, 5.74) is 0.641. The number of rotatable bonds is 3. The molecular weight excluding hydrogens is 288 g/mol. The summed E-state index contributed by atoms with van der Waals surface area (Å²) in [7, 11) is 3.61.